The highest BCUT2D eigenvalue weighted by Gasteiger charge is 2.28. The van der Waals surface area contributed by atoms with E-state index >= 15 is 0 Å². The fraction of sp³-hybridized carbons (Fsp3) is 0.500. The van der Waals surface area contributed by atoms with Crippen LogP contribution in [0, 0.1) is 0 Å². The third kappa shape index (κ3) is 5.03. The van der Waals surface area contributed by atoms with E-state index in [1.807, 2.05) is 30.3 Å². The molecule has 1 saturated carbocycles. The molecule has 1 fully saturated rings. The highest BCUT2D eigenvalue weighted by Crippen LogP contribution is 2.26. The number of nitrogens with one attached hydrogen (secondary N) is 2. The molecule has 7 heteroatoms. The van der Waals surface area contributed by atoms with Crippen molar-refractivity contribution in [1.29, 1.82) is 0 Å². The Morgan fingerprint density at radius 3 is 2.56 bits per heavy atom. The number of hydrogen-bond acceptors (Lipinski definition) is 4. The van der Waals surface area contributed by atoms with Gasteiger partial charge in [-0.05, 0) is 25.0 Å². The van der Waals surface area contributed by atoms with Crippen LogP contribution in [-0.2, 0) is 6.54 Å². The first-order valence-electron chi connectivity index (χ1n) is 8.85. The van der Waals surface area contributed by atoms with Crippen LogP contribution in [-0.4, -0.2) is 38.3 Å². The van der Waals surface area contributed by atoms with Gasteiger partial charge in [0.25, 0.3) is 0 Å². The van der Waals surface area contributed by atoms with Crippen LogP contribution in [0.2, 0.25) is 0 Å². The Morgan fingerprint density at radius 2 is 1.84 bits per heavy atom. The zero-order chi connectivity index (χ0) is 17.5. The molecule has 1 aliphatic rings. The normalized spacial score (nSPS) is 16.8. The van der Waals surface area contributed by atoms with Crippen molar-refractivity contribution in [1.82, 2.24) is 25.6 Å². The second kappa shape index (κ2) is 8.11. The van der Waals surface area contributed by atoms with E-state index in [4.69, 9.17) is 0 Å². The zero-order valence-corrected chi connectivity index (χ0v) is 14.3. The van der Waals surface area contributed by atoms with Gasteiger partial charge in [-0.2, -0.15) is 0 Å². The van der Waals surface area contributed by atoms with Gasteiger partial charge in [0.2, 0.25) is 0 Å². The highest BCUT2D eigenvalue weighted by molar-refractivity contribution is 5.73. The third-order valence-corrected chi connectivity index (χ3v) is 4.60. The molecule has 0 spiro atoms. The van der Waals surface area contributed by atoms with E-state index in [1.54, 1.807) is 10.9 Å². The maximum atomic E-state index is 12.0. The Morgan fingerprint density at radius 1 is 1.12 bits per heavy atom. The third-order valence-electron chi connectivity index (χ3n) is 4.60. The molecule has 0 radical (unpaired) electrons. The van der Waals surface area contributed by atoms with Crippen molar-refractivity contribution < 1.29 is 9.90 Å². The lowest BCUT2D eigenvalue weighted by Crippen LogP contribution is -2.46. The SMILES string of the molecule is O=C(NCc1cn(-c2ccccc2)nn1)NCC1(O)CCCCCC1. The zero-order valence-electron chi connectivity index (χ0n) is 14.3. The predicted molar refractivity (Wildman–Crippen MR) is 94.2 cm³/mol. The average molecular weight is 343 g/mol. The van der Waals surface area contributed by atoms with Gasteiger partial charge in [0.1, 0.15) is 5.69 Å². The van der Waals surface area contributed by atoms with Crippen molar-refractivity contribution in [3.8, 4) is 5.69 Å². The van der Waals surface area contributed by atoms with Crippen LogP contribution >= 0.6 is 0 Å². The highest BCUT2D eigenvalue weighted by atomic mass is 16.3. The number of aliphatic hydroxyl groups is 1. The monoisotopic (exact) mass is 343 g/mol. The summed E-state index contributed by atoms with van der Waals surface area (Å²) >= 11 is 0. The van der Waals surface area contributed by atoms with Crippen molar-refractivity contribution in [2.24, 2.45) is 0 Å². The van der Waals surface area contributed by atoms with E-state index in [0.29, 0.717) is 5.69 Å². The fourth-order valence-electron chi connectivity index (χ4n) is 3.13. The van der Waals surface area contributed by atoms with Crippen molar-refractivity contribution >= 4 is 6.03 Å². The molecule has 1 aromatic carbocycles. The second-order valence-corrected chi connectivity index (χ2v) is 6.66. The van der Waals surface area contributed by atoms with Crippen LogP contribution in [0.3, 0.4) is 0 Å². The van der Waals surface area contributed by atoms with E-state index < -0.39 is 5.60 Å². The Kier molecular flexibility index (Phi) is 5.65. The van der Waals surface area contributed by atoms with Gasteiger partial charge in [-0.1, -0.05) is 49.1 Å². The van der Waals surface area contributed by atoms with E-state index in [2.05, 4.69) is 20.9 Å². The largest absolute Gasteiger partial charge is 0.388 e. The molecule has 1 heterocycles. The molecule has 7 nitrogen and oxygen atoms in total. The van der Waals surface area contributed by atoms with Gasteiger partial charge < -0.3 is 15.7 Å². The second-order valence-electron chi connectivity index (χ2n) is 6.66. The number of urea groups is 1. The Hall–Kier alpha value is -2.41. The number of para-hydroxylation sites is 1. The minimum atomic E-state index is -0.774. The molecular weight excluding hydrogens is 318 g/mol. The first-order valence-corrected chi connectivity index (χ1v) is 8.85. The minimum Gasteiger partial charge on any atom is -0.388 e. The number of aromatic nitrogens is 3. The molecule has 0 aliphatic heterocycles. The van der Waals surface area contributed by atoms with Crippen LogP contribution in [0.15, 0.2) is 36.5 Å². The Bertz CT molecular complexity index is 678. The van der Waals surface area contributed by atoms with Gasteiger partial charge in [0, 0.05) is 6.54 Å². The lowest BCUT2D eigenvalue weighted by molar-refractivity contribution is 0.0276. The summed E-state index contributed by atoms with van der Waals surface area (Å²) in [6.07, 6.45) is 7.63. The molecular formula is C18H25N5O2. The summed E-state index contributed by atoms with van der Waals surface area (Å²) in [7, 11) is 0. The Labute approximate surface area is 147 Å². The summed E-state index contributed by atoms with van der Waals surface area (Å²) in [6, 6.07) is 9.38. The number of amides is 2. The lowest BCUT2D eigenvalue weighted by Gasteiger charge is -2.26. The minimum absolute atomic E-state index is 0.287. The van der Waals surface area contributed by atoms with Gasteiger partial charge in [0.05, 0.1) is 24.0 Å². The quantitative estimate of drug-likeness (QED) is 0.725. The maximum Gasteiger partial charge on any atom is 0.315 e. The van der Waals surface area contributed by atoms with Gasteiger partial charge in [-0.15, -0.1) is 5.10 Å². The van der Waals surface area contributed by atoms with Crippen molar-refractivity contribution in [3.05, 3.63) is 42.2 Å². The molecule has 2 amide bonds. The number of carbonyl (C=O) groups is 1. The fourth-order valence-corrected chi connectivity index (χ4v) is 3.13. The van der Waals surface area contributed by atoms with Crippen molar-refractivity contribution in [2.45, 2.75) is 50.7 Å². The summed E-state index contributed by atoms with van der Waals surface area (Å²) in [4.78, 5) is 12.0. The van der Waals surface area contributed by atoms with Crippen LogP contribution < -0.4 is 10.6 Å². The van der Waals surface area contributed by atoms with Crippen molar-refractivity contribution in [3.63, 3.8) is 0 Å². The topological polar surface area (TPSA) is 92.1 Å². The summed E-state index contributed by atoms with van der Waals surface area (Å²) in [5.74, 6) is 0. The van der Waals surface area contributed by atoms with Crippen LogP contribution in [0.4, 0.5) is 4.79 Å². The van der Waals surface area contributed by atoms with Crippen LogP contribution in [0.1, 0.15) is 44.2 Å². The predicted octanol–water partition coefficient (Wildman–Crippen LogP) is 2.15. The van der Waals surface area contributed by atoms with Gasteiger partial charge >= 0.3 is 6.03 Å². The first kappa shape index (κ1) is 17.4. The molecule has 2 aromatic rings. The number of hydrogen-bond donors (Lipinski definition) is 3. The van der Waals surface area contributed by atoms with E-state index in [9.17, 15) is 9.90 Å². The number of nitrogens with zero attached hydrogens (tertiary/aromatic N) is 3. The van der Waals surface area contributed by atoms with Crippen LogP contribution in [0.5, 0.6) is 0 Å². The molecule has 1 aromatic heterocycles. The molecule has 134 valence electrons. The molecule has 25 heavy (non-hydrogen) atoms. The summed E-state index contributed by atoms with van der Waals surface area (Å²) < 4.78 is 1.67. The molecule has 1 aliphatic carbocycles. The molecule has 0 atom stereocenters. The van der Waals surface area contributed by atoms with Crippen LogP contribution in [0.25, 0.3) is 5.69 Å². The number of rotatable bonds is 5. The average Bonchev–Trinajstić information content (AvgIpc) is 3.01. The molecule has 0 bridgehead atoms. The summed E-state index contributed by atoms with van der Waals surface area (Å²) in [5.41, 5.74) is 0.818. The summed E-state index contributed by atoms with van der Waals surface area (Å²) in [6.45, 7) is 0.576. The van der Waals surface area contributed by atoms with E-state index in [-0.39, 0.29) is 19.1 Å². The van der Waals surface area contributed by atoms with Gasteiger partial charge in [-0.3, -0.25) is 0 Å². The van der Waals surface area contributed by atoms with E-state index in [0.717, 1.165) is 44.2 Å². The van der Waals surface area contributed by atoms with Crippen molar-refractivity contribution in [2.75, 3.05) is 6.54 Å². The molecule has 0 saturated heterocycles. The van der Waals surface area contributed by atoms with Gasteiger partial charge in [0.15, 0.2) is 0 Å². The van der Waals surface area contributed by atoms with E-state index in [1.165, 1.54) is 0 Å². The van der Waals surface area contributed by atoms with Gasteiger partial charge in [-0.25, -0.2) is 9.48 Å². The Balaban J connectivity index is 1.45. The smallest absolute Gasteiger partial charge is 0.315 e. The lowest BCUT2D eigenvalue weighted by atomic mass is 9.95. The number of carbonyl (C=O) groups excluding carboxylic acids is 1. The molecule has 3 N–H and O–H groups in total. The molecule has 0 unspecified atom stereocenters. The standard InChI is InChI=1S/C18H25N5O2/c24-17(20-14-18(25)10-6-1-2-7-11-18)19-12-15-13-23(22-21-15)16-8-4-3-5-9-16/h3-5,8-9,13,25H,1-2,6-7,10-12,14H2,(H2,19,20,24). The summed E-state index contributed by atoms with van der Waals surface area (Å²) in [5, 5.41) is 24.2. The number of benzene rings is 1. The first-order chi connectivity index (χ1) is 12.1. The maximum absolute atomic E-state index is 12.0. The molecule has 3 rings (SSSR count).